The first-order valence-electron chi connectivity index (χ1n) is 8.05. The number of esters is 1. The number of carbonyl (C=O) groups is 1. The van der Waals surface area contributed by atoms with Gasteiger partial charge in [0.2, 0.25) is 5.95 Å². The number of ether oxygens (including phenoxy) is 1. The Hall–Kier alpha value is -3.35. The maximum atomic E-state index is 12.8. The standard InChI is InChI=1S/C18H17N5O2/c1-2-25-17(24)14-15(12-6-4-3-5-7-12)22-18-20-11-21-23(18)16(14)13-8-9-19-10-13/h3-11,16,19H,2H2,1H3,(H,20,21,22)/t16-/m0/s1. The fraction of sp³-hybridized carbons (Fsp3) is 0.167. The van der Waals surface area contributed by atoms with Crippen molar-refractivity contribution in [2.45, 2.75) is 13.0 Å². The molecule has 1 atom stereocenters. The number of anilines is 1. The van der Waals surface area contributed by atoms with Crippen molar-refractivity contribution >= 4 is 17.6 Å². The first-order valence-corrected chi connectivity index (χ1v) is 8.05. The van der Waals surface area contributed by atoms with Gasteiger partial charge in [-0.25, -0.2) is 9.48 Å². The number of nitrogens with zero attached hydrogens (tertiary/aromatic N) is 3. The van der Waals surface area contributed by atoms with Crippen LogP contribution >= 0.6 is 0 Å². The van der Waals surface area contributed by atoms with Gasteiger partial charge in [-0.3, -0.25) is 0 Å². The zero-order valence-corrected chi connectivity index (χ0v) is 13.6. The van der Waals surface area contributed by atoms with Crippen molar-refractivity contribution in [1.29, 1.82) is 0 Å². The van der Waals surface area contributed by atoms with Crippen LogP contribution in [-0.2, 0) is 9.53 Å². The molecule has 3 heterocycles. The summed E-state index contributed by atoms with van der Waals surface area (Å²) in [5, 5.41) is 7.53. The third kappa shape index (κ3) is 2.59. The second-order valence-corrected chi connectivity index (χ2v) is 5.58. The Morgan fingerprint density at radius 3 is 2.84 bits per heavy atom. The number of aromatic amines is 1. The van der Waals surface area contributed by atoms with Gasteiger partial charge in [0.25, 0.3) is 0 Å². The molecule has 3 aromatic rings. The molecule has 0 bridgehead atoms. The molecule has 0 amide bonds. The molecule has 1 aromatic carbocycles. The van der Waals surface area contributed by atoms with Gasteiger partial charge in [0, 0.05) is 12.4 Å². The van der Waals surface area contributed by atoms with Crippen molar-refractivity contribution in [1.82, 2.24) is 19.7 Å². The minimum Gasteiger partial charge on any atom is -0.463 e. The number of nitrogens with one attached hydrogen (secondary N) is 2. The van der Waals surface area contributed by atoms with E-state index in [-0.39, 0.29) is 5.97 Å². The highest BCUT2D eigenvalue weighted by Crippen LogP contribution is 2.38. The maximum absolute atomic E-state index is 12.8. The molecule has 1 aliphatic rings. The highest BCUT2D eigenvalue weighted by atomic mass is 16.5. The van der Waals surface area contributed by atoms with Gasteiger partial charge in [0.05, 0.1) is 17.9 Å². The Morgan fingerprint density at radius 1 is 1.28 bits per heavy atom. The third-order valence-corrected chi connectivity index (χ3v) is 4.09. The molecule has 0 fully saturated rings. The summed E-state index contributed by atoms with van der Waals surface area (Å²) in [6, 6.07) is 11.2. The first kappa shape index (κ1) is 15.2. The molecule has 126 valence electrons. The van der Waals surface area contributed by atoms with Gasteiger partial charge in [-0.15, -0.1) is 0 Å². The largest absolute Gasteiger partial charge is 0.463 e. The van der Waals surface area contributed by atoms with Gasteiger partial charge in [0.1, 0.15) is 12.4 Å². The smallest absolute Gasteiger partial charge is 0.338 e. The fourth-order valence-corrected chi connectivity index (χ4v) is 3.04. The number of hydrogen-bond donors (Lipinski definition) is 2. The highest BCUT2D eigenvalue weighted by Gasteiger charge is 2.36. The SMILES string of the molecule is CCOC(=O)C1=C(c2ccccc2)Nc2ncnn2[C@H]1c1cc[nH]c1. The summed E-state index contributed by atoms with van der Waals surface area (Å²) in [7, 11) is 0. The van der Waals surface area contributed by atoms with E-state index in [2.05, 4.69) is 20.4 Å². The van der Waals surface area contributed by atoms with Gasteiger partial charge < -0.3 is 15.0 Å². The second-order valence-electron chi connectivity index (χ2n) is 5.58. The summed E-state index contributed by atoms with van der Waals surface area (Å²) in [6.07, 6.45) is 5.14. The number of benzene rings is 1. The van der Waals surface area contributed by atoms with Gasteiger partial charge in [-0.2, -0.15) is 10.1 Å². The molecule has 0 saturated heterocycles. The lowest BCUT2D eigenvalue weighted by Gasteiger charge is -2.28. The maximum Gasteiger partial charge on any atom is 0.338 e. The Labute approximate surface area is 144 Å². The summed E-state index contributed by atoms with van der Waals surface area (Å²) in [5.41, 5.74) is 2.99. The molecule has 7 heteroatoms. The second kappa shape index (κ2) is 6.27. The molecule has 1 aliphatic heterocycles. The van der Waals surface area contributed by atoms with Crippen LogP contribution in [0.3, 0.4) is 0 Å². The fourth-order valence-electron chi connectivity index (χ4n) is 3.04. The van der Waals surface area contributed by atoms with E-state index in [1.54, 1.807) is 11.6 Å². The number of H-pyrrole nitrogens is 1. The van der Waals surface area contributed by atoms with Crippen LogP contribution < -0.4 is 5.32 Å². The van der Waals surface area contributed by atoms with E-state index in [1.165, 1.54) is 6.33 Å². The lowest BCUT2D eigenvalue weighted by molar-refractivity contribution is -0.138. The van der Waals surface area contributed by atoms with Crippen LogP contribution in [0.4, 0.5) is 5.95 Å². The summed E-state index contributed by atoms with van der Waals surface area (Å²) >= 11 is 0. The Bertz CT molecular complexity index is 912. The van der Waals surface area contributed by atoms with Gasteiger partial charge in [0.15, 0.2) is 0 Å². The summed E-state index contributed by atoms with van der Waals surface area (Å²) in [6.45, 7) is 2.09. The van der Waals surface area contributed by atoms with E-state index in [0.717, 1.165) is 11.1 Å². The van der Waals surface area contributed by atoms with Crippen molar-refractivity contribution in [2.24, 2.45) is 0 Å². The summed E-state index contributed by atoms with van der Waals surface area (Å²) in [5.74, 6) is 0.208. The van der Waals surface area contributed by atoms with Crippen LogP contribution in [0.1, 0.15) is 24.1 Å². The molecule has 2 aromatic heterocycles. The molecular weight excluding hydrogens is 318 g/mol. The number of carbonyl (C=O) groups excluding carboxylic acids is 1. The quantitative estimate of drug-likeness (QED) is 0.716. The van der Waals surface area contributed by atoms with E-state index in [4.69, 9.17) is 4.74 Å². The predicted molar refractivity (Wildman–Crippen MR) is 92.6 cm³/mol. The van der Waals surface area contributed by atoms with Gasteiger partial charge >= 0.3 is 5.97 Å². The number of aromatic nitrogens is 4. The van der Waals surface area contributed by atoms with Gasteiger partial charge in [-0.1, -0.05) is 30.3 Å². The highest BCUT2D eigenvalue weighted by molar-refractivity contribution is 6.02. The minimum atomic E-state index is -0.417. The van der Waals surface area contributed by atoms with Crippen LogP contribution in [0, 0.1) is 0 Å². The van der Waals surface area contributed by atoms with Crippen LogP contribution in [-0.4, -0.2) is 32.3 Å². The molecule has 2 N–H and O–H groups in total. The molecule has 4 rings (SSSR count). The van der Waals surface area contributed by atoms with Crippen LogP contribution in [0.5, 0.6) is 0 Å². The van der Waals surface area contributed by atoms with Crippen LogP contribution in [0.15, 0.2) is 60.7 Å². The minimum absolute atomic E-state index is 0.300. The number of hydrogen-bond acceptors (Lipinski definition) is 5. The van der Waals surface area contributed by atoms with E-state index < -0.39 is 6.04 Å². The van der Waals surface area contributed by atoms with Crippen molar-refractivity contribution in [3.63, 3.8) is 0 Å². The topological polar surface area (TPSA) is 84.8 Å². The lowest BCUT2D eigenvalue weighted by Crippen LogP contribution is -2.29. The molecule has 7 nitrogen and oxygen atoms in total. The Morgan fingerprint density at radius 2 is 2.12 bits per heavy atom. The molecule has 0 saturated carbocycles. The van der Waals surface area contributed by atoms with Crippen LogP contribution in [0.2, 0.25) is 0 Å². The molecule has 0 unspecified atom stereocenters. The summed E-state index contributed by atoms with van der Waals surface area (Å²) < 4.78 is 7.04. The normalized spacial score (nSPS) is 16.3. The molecule has 25 heavy (non-hydrogen) atoms. The van der Waals surface area contributed by atoms with Crippen LogP contribution in [0.25, 0.3) is 5.70 Å². The van der Waals surface area contributed by atoms with E-state index in [0.29, 0.717) is 23.8 Å². The van der Waals surface area contributed by atoms with E-state index in [1.807, 2.05) is 48.8 Å². The van der Waals surface area contributed by atoms with Gasteiger partial charge in [-0.05, 0) is 24.1 Å². The Kier molecular flexibility index (Phi) is 3.81. The average Bonchev–Trinajstić information content (AvgIpc) is 3.32. The lowest BCUT2D eigenvalue weighted by atomic mass is 9.94. The average molecular weight is 335 g/mol. The zero-order valence-electron chi connectivity index (χ0n) is 13.6. The molecule has 0 spiro atoms. The Balaban J connectivity index is 1.95. The van der Waals surface area contributed by atoms with E-state index in [9.17, 15) is 4.79 Å². The molecule has 0 aliphatic carbocycles. The van der Waals surface area contributed by atoms with Crippen molar-refractivity contribution in [2.75, 3.05) is 11.9 Å². The zero-order chi connectivity index (χ0) is 17.2. The van der Waals surface area contributed by atoms with Crippen molar-refractivity contribution in [3.05, 3.63) is 71.8 Å². The number of fused-ring (bicyclic) bond motifs is 1. The van der Waals surface area contributed by atoms with E-state index >= 15 is 0 Å². The number of rotatable bonds is 4. The first-order chi connectivity index (χ1) is 12.3. The third-order valence-electron chi connectivity index (χ3n) is 4.09. The predicted octanol–water partition coefficient (Wildman–Crippen LogP) is 2.60. The molecular formula is C18H17N5O2. The summed E-state index contributed by atoms with van der Waals surface area (Å²) in [4.78, 5) is 20.1. The van der Waals surface area contributed by atoms with Crippen molar-refractivity contribution < 1.29 is 9.53 Å². The van der Waals surface area contributed by atoms with Crippen molar-refractivity contribution in [3.8, 4) is 0 Å². The monoisotopic (exact) mass is 335 g/mol. The molecule has 0 radical (unpaired) electrons.